The number of hydrogen-bond acceptors (Lipinski definition) is 3. The third-order valence-corrected chi connectivity index (χ3v) is 3.76. The van der Waals surface area contributed by atoms with E-state index in [4.69, 9.17) is 0 Å². The SMILES string of the molecule is CCCN(C)c1ccc(C(=O)NC2CCCNC2)cc1.Cl.Cl. The molecule has 1 aliphatic rings. The Hall–Kier alpha value is -0.970. The van der Waals surface area contributed by atoms with Gasteiger partial charge in [0.25, 0.3) is 5.91 Å². The predicted molar refractivity (Wildman–Crippen MR) is 97.9 cm³/mol. The van der Waals surface area contributed by atoms with Gasteiger partial charge in [-0.15, -0.1) is 24.8 Å². The minimum Gasteiger partial charge on any atom is -0.375 e. The summed E-state index contributed by atoms with van der Waals surface area (Å²) < 4.78 is 0. The molecule has 0 aromatic heterocycles. The first-order chi connectivity index (χ1) is 9.70. The normalized spacial score (nSPS) is 16.9. The van der Waals surface area contributed by atoms with Crippen molar-refractivity contribution in [1.29, 1.82) is 0 Å². The average Bonchev–Trinajstić information content (AvgIpc) is 2.48. The van der Waals surface area contributed by atoms with Gasteiger partial charge in [-0.2, -0.15) is 0 Å². The third kappa shape index (κ3) is 6.03. The summed E-state index contributed by atoms with van der Waals surface area (Å²) in [5.74, 6) is 0.0309. The standard InChI is InChI=1S/C16H25N3O.2ClH/c1-3-11-19(2)15-8-6-13(7-9-15)16(20)18-14-5-4-10-17-12-14;;/h6-9,14,17H,3-5,10-12H2,1-2H3,(H,18,20);2*1H. The van der Waals surface area contributed by atoms with Crippen molar-refractivity contribution >= 4 is 36.4 Å². The van der Waals surface area contributed by atoms with Crippen molar-refractivity contribution in [2.75, 3.05) is 31.6 Å². The average molecular weight is 348 g/mol. The minimum atomic E-state index is 0. The van der Waals surface area contributed by atoms with Crippen molar-refractivity contribution in [2.24, 2.45) is 0 Å². The van der Waals surface area contributed by atoms with Crippen LogP contribution in [0.1, 0.15) is 36.5 Å². The number of nitrogens with zero attached hydrogens (tertiary/aromatic N) is 1. The summed E-state index contributed by atoms with van der Waals surface area (Å²) in [6.07, 6.45) is 3.31. The molecular formula is C16H27Cl2N3O. The molecule has 0 aliphatic carbocycles. The number of carbonyl (C=O) groups excluding carboxylic acids is 1. The lowest BCUT2D eigenvalue weighted by molar-refractivity contribution is 0.0930. The summed E-state index contributed by atoms with van der Waals surface area (Å²) in [5.41, 5.74) is 1.90. The first-order valence-corrected chi connectivity index (χ1v) is 7.53. The second kappa shape index (κ2) is 10.7. The van der Waals surface area contributed by atoms with E-state index < -0.39 is 0 Å². The quantitative estimate of drug-likeness (QED) is 0.860. The first kappa shape index (κ1) is 21.0. The summed E-state index contributed by atoms with van der Waals surface area (Å²) in [5, 5.41) is 6.40. The van der Waals surface area contributed by atoms with Gasteiger partial charge in [-0.1, -0.05) is 6.92 Å². The lowest BCUT2D eigenvalue weighted by Gasteiger charge is -2.24. The highest BCUT2D eigenvalue weighted by Crippen LogP contribution is 2.14. The molecule has 0 saturated carbocycles. The van der Waals surface area contributed by atoms with E-state index in [-0.39, 0.29) is 36.8 Å². The van der Waals surface area contributed by atoms with Gasteiger partial charge in [0, 0.05) is 37.4 Å². The molecule has 126 valence electrons. The van der Waals surface area contributed by atoms with Crippen LogP contribution >= 0.6 is 24.8 Å². The molecule has 0 radical (unpaired) electrons. The number of nitrogens with one attached hydrogen (secondary N) is 2. The lowest BCUT2D eigenvalue weighted by atomic mass is 10.1. The van der Waals surface area contributed by atoms with Gasteiger partial charge in [0.2, 0.25) is 0 Å². The minimum absolute atomic E-state index is 0. The Morgan fingerprint density at radius 2 is 2.00 bits per heavy atom. The van der Waals surface area contributed by atoms with Gasteiger partial charge in [0.05, 0.1) is 0 Å². The Morgan fingerprint density at radius 1 is 1.32 bits per heavy atom. The number of halogens is 2. The zero-order valence-electron chi connectivity index (χ0n) is 13.3. The molecule has 2 rings (SSSR count). The van der Waals surface area contributed by atoms with E-state index in [1.165, 1.54) is 0 Å². The maximum atomic E-state index is 12.2. The van der Waals surface area contributed by atoms with E-state index in [1.807, 2.05) is 24.3 Å². The molecule has 1 amide bonds. The smallest absolute Gasteiger partial charge is 0.251 e. The number of rotatable bonds is 5. The third-order valence-electron chi connectivity index (χ3n) is 3.76. The number of hydrogen-bond donors (Lipinski definition) is 2. The van der Waals surface area contributed by atoms with E-state index in [0.717, 1.165) is 50.1 Å². The fourth-order valence-corrected chi connectivity index (χ4v) is 2.58. The van der Waals surface area contributed by atoms with Crippen LogP contribution in [0.15, 0.2) is 24.3 Å². The summed E-state index contributed by atoms with van der Waals surface area (Å²) in [4.78, 5) is 14.4. The van der Waals surface area contributed by atoms with Crippen molar-refractivity contribution in [3.05, 3.63) is 29.8 Å². The van der Waals surface area contributed by atoms with Crippen LogP contribution in [0, 0.1) is 0 Å². The molecular weight excluding hydrogens is 321 g/mol. The molecule has 1 fully saturated rings. The summed E-state index contributed by atoms with van der Waals surface area (Å²) >= 11 is 0. The van der Waals surface area contributed by atoms with E-state index >= 15 is 0 Å². The maximum absolute atomic E-state index is 12.2. The number of amides is 1. The van der Waals surface area contributed by atoms with E-state index in [9.17, 15) is 4.79 Å². The van der Waals surface area contributed by atoms with Crippen molar-refractivity contribution in [3.63, 3.8) is 0 Å². The summed E-state index contributed by atoms with van der Waals surface area (Å²) in [6, 6.07) is 8.12. The largest absolute Gasteiger partial charge is 0.375 e. The van der Waals surface area contributed by atoms with Crippen LogP contribution in [0.3, 0.4) is 0 Å². The Balaban J connectivity index is 0.00000220. The van der Waals surface area contributed by atoms with Crippen molar-refractivity contribution < 1.29 is 4.79 Å². The molecule has 1 aromatic rings. The Labute approximate surface area is 145 Å². The van der Waals surface area contributed by atoms with Crippen LogP contribution < -0.4 is 15.5 Å². The number of benzene rings is 1. The predicted octanol–water partition coefficient (Wildman–Crippen LogP) is 2.86. The summed E-state index contributed by atoms with van der Waals surface area (Å²) in [7, 11) is 2.08. The zero-order chi connectivity index (χ0) is 14.4. The second-order valence-corrected chi connectivity index (χ2v) is 5.49. The Morgan fingerprint density at radius 3 is 2.55 bits per heavy atom. The van der Waals surface area contributed by atoms with Gasteiger partial charge in [-0.3, -0.25) is 4.79 Å². The van der Waals surface area contributed by atoms with Gasteiger partial charge < -0.3 is 15.5 Å². The molecule has 22 heavy (non-hydrogen) atoms. The summed E-state index contributed by atoms with van der Waals surface area (Å²) in [6.45, 7) is 5.13. The highest BCUT2D eigenvalue weighted by molar-refractivity contribution is 5.94. The van der Waals surface area contributed by atoms with Crippen molar-refractivity contribution in [2.45, 2.75) is 32.2 Å². The lowest BCUT2D eigenvalue weighted by Crippen LogP contribution is -2.45. The van der Waals surface area contributed by atoms with Crippen LogP contribution in [0.2, 0.25) is 0 Å². The van der Waals surface area contributed by atoms with E-state index in [2.05, 4.69) is 29.5 Å². The fourth-order valence-electron chi connectivity index (χ4n) is 2.58. The molecule has 1 aromatic carbocycles. The molecule has 1 aliphatic heterocycles. The number of anilines is 1. The van der Waals surface area contributed by atoms with E-state index in [1.54, 1.807) is 0 Å². The van der Waals surface area contributed by atoms with E-state index in [0.29, 0.717) is 0 Å². The van der Waals surface area contributed by atoms with Gasteiger partial charge in [-0.05, 0) is 50.1 Å². The molecule has 1 atom stereocenters. The Bertz CT molecular complexity index is 434. The fraction of sp³-hybridized carbons (Fsp3) is 0.562. The van der Waals surface area contributed by atoms with Crippen molar-refractivity contribution in [1.82, 2.24) is 10.6 Å². The van der Waals surface area contributed by atoms with Crippen LogP contribution in [-0.2, 0) is 0 Å². The Kier molecular flexibility index (Phi) is 10.2. The molecule has 4 nitrogen and oxygen atoms in total. The molecule has 1 unspecified atom stereocenters. The first-order valence-electron chi connectivity index (χ1n) is 7.53. The van der Waals surface area contributed by atoms with Gasteiger partial charge >= 0.3 is 0 Å². The van der Waals surface area contributed by atoms with Gasteiger partial charge in [0.15, 0.2) is 0 Å². The van der Waals surface area contributed by atoms with Crippen molar-refractivity contribution in [3.8, 4) is 0 Å². The molecule has 1 saturated heterocycles. The maximum Gasteiger partial charge on any atom is 0.251 e. The van der Waals surface area contributed by atoms with Crippen LogP contribution in [0.4, 0.5) is 5.69 Å². The highest BCUT2D eigenvalue weighted by atomic mass is 35.5. The topological polar surface area (TPSA) is 44.4 Å². The zero-order valence-corrected chi connectivity index (χ0v) is 14.9. The monoisotopic (exact) mass is 347 g/mol. The molecule has 0 spiro atoms. The van der Waals surface area contributed by atoms with Crippen LogP contribution in [0.5, 0.6) is 0 Å². The van der Waals surface area contributed by atoms with Crippen LogP contribution in [0.25, 0.3) is 0 Å². The second-order valence-electron chi connectivity index (χ2n) is 5.49. The number of piperidine rings is 1. The van der Waals surface area contributed by atoms with Gasteiger partial charge in [0.1, 0.15) is 0 Å². The van der Waals surface area contributed by atoms with Gasteiger partial charge in [-0.25, -0.2) is 0 Å². The number of carbonyl (C=O) groups is 1. The molecule has 1 heterocycles. The molecule has 0 bridgehead atoms. The molecule has 2 N–H and O–H groups in total. The molecule has 6 heteroatoms. The van der Waals surface area contributed by atoms with Crippen LogP contribution in [-0.4, -0.2) is 38.6 Å². The highest BCUT2D eigenvalue weighted by Gasteiger charge is 2.16.